The van der Waals surface area contributed by atoms with E-state index in [0.29, 0.717) is 10.0 Å². The van der Waals surface area contributed by atoms with E-state index in [1.165, 1.54) is 5.56 Å². The molecule has 0 saturated carbocycles. The summed E-state index contributed by atoms with van der Waals surface area (Å²) in [7, 11) is 0. The Hall–Kier alpha value is -0.890. The zero-order valence-electron chi connectivity index (χ0n) is 10.5. The molecule has 0 aromatic heterocycles. The van der Waals surface area contributed by atoms with E-state index in [2.05, 4.69) is 12.2 Å². The van der Waals surface area contributed by atoms with Crippen molar-refractivity contribution in [2.45, 2.75) is 19.4 Å². The molecular formula is C15H14Cl3N. The Labute approximate surface area is 128 Å². The fourth-order valence-corrected chi connectivity index (χ4v) is 2.38. The number of hydrogen-bond acceptors (Lipinski definition) is 1. The van der Waals surface area contributed by atoms with Crippen molar-refractivity contribution in [2.24, 2.45) is 0 Å². The molecule has 1 unspecified atom stereocenters. The van der Waals surface area contributed by atoms with Crippen molar-refractivity contribution in [2.75, 3.05) is 5.32 Å². The molecule has 1 atom stereocenters. The highest BCUT2D eigenvalue weighted by molar-refractivity contribution is 6.35. The molecule has 0 aliphatic carbocycles. The van der Waals surface area contributed by atoms with Gasteiger partial charge in [0.15, 0.2) is 0 Å². The van der Waals surface area contributed by atoms with E-state index in [4.69, 9.17) is 34.8 Å². The first kappa shape index (κ1) is 14.5. The minimum atomic E-state index is 0.174. The van der Waals surface area contributed by atoms with Crippen LogP contribution in [-0.2, 0) is 0 Å². The number of nitrogens with one attached hydrogen (secondary N) is 1. The van der Waals surface area contributed by atoms with Crippen LogP contribution in [0.4, 0.5) is 5.69 Å². The molecule has 0 aliphatic heterocycles. The summed E-state index contributed by atoms with van der Waals surface area (Å²) in [5.74, 6) is 0. The third-order valence-corrected chi connectivity index (χ3v) is 3.76. The van der Waals surface area contributed by atoms with Gasteiger partial charge in [-0.25, -0.2) is 0 Å². The maximum absolute atomic E-state index is 6.17. The molecule has 0 saturated heterocycles. The van der Waals surface area contributed by atoms with Gasteiger partial charge in [-0.2, -0.15) is 0 Å². The van der Waals surface area contributed by atoms with Gasteiger partial charge >= 0.3 is 0 Å². The molecule has 100 valence electrons. The second-order valence-electron chi connectivity index (χ2n) is 4.28. The minimum Gasteiger partial charge on any atom is -0.377 e. The third-order valence-electron chi connectivity index (χ3n) is 2.94. The van der Waals surface area contributed by atoms with Crippen LogP contribution in [0.3, 0.4) is 0 Å². The highest BCUT2D eigenvalue weighted by Gasteiger charge is 2.11. The SMILES string of the molecule is CCC(Nc1cc(Cl)ccc1Cl)c1ccc(Cl)cc1. The fourth-order valence-electron chi connectivity index (χ4n) is 1.91. The molecule has 0 amide bonds. The van der Waals surface area contributed by atoms with Crippen molar-refractivity contribution in [3.8, 4) is 0 Å². The van der Waals surface area contributed by atoms with Crippen LogP contribution in [0.25, 0.3) is 0 Å². The summed E-state index contributed by atoms with van der Waals surface area (Å²) in [6.07, 6.45) is 0.935. The first-order chi connectivity index (χ1) is 9.10. The molecule has 4 heteroatoms. The van der Waals surface area contributed by atoms with Crippen molar-refractivity contribution in [1.82, 2.24) is 0 Å². The standard InChI is InChI=1S/C15H14Cl3N/c1-2-14(10-3-5-11(16)6-4-10)19-15-9-12(17)7-8-13(15)18/h3-9,14,19H,2H2,1H3. The normalized spacial score (nSPS) is 12.2. The molecule has 2 rings (SSSR count). The summed E-state index contributed by atoms with van der Waals surface area (Å²) >= 11 is 18.1. The molecule has 0 aliphatic rings. The van der Waals surface area contributed by atoms with Gasteiger partial charge in [0, 0.05) is 10.0 Å². The maximum atomic E-state index is 6.17. The summed E-state index contributed by atoms with van der Waals surface area (Å²) < 4.78 is 0. The molecule has 0 spiro atoms. The largest absolute Gasteiger partial charge is 0.377 e. The first-order valence-corrected chi connectivity index (χ1v) is 7.20. The zero-order valence-corrected chi connectivity index (χ0v) is 12.7. The lowest BCUT2D eigenvalue weighted by atomic mass is 10.0. The molecular weight excluding hydrogens is 301 g/mol. The zero-order chi connectivity index (χ0) is 13.8. The minimum absolute atomic E-state index is 0.174. The Bertz CT molecular complexity index is 552. The van der Waals surface area contributed by atoms with Gasteiger partial charge < -0.3 is 5.32 Å². The lowest BCUT2D eigenvalue weighted by Crippen LogP contribution is -2.09. The highest BCUT2D eigenvalue weighted by atomic mass is 35.5. The van der Waals surface area contributed by atoms with Crippen LogP contribution in [0, 0.1) is 0 Å². The van der Waals surface area contributed by atoms with Crippen molar-refractivity contribution >= 4 is 40.5 Å². The lowest BCUT2D eigenvalue weighted by Gasteiger charge is -2.20. The van der Waals surface area contributed by atoms with E-state index in [1.54, 1.807) is 12.1 Å². The summed E-state index contributed by atoms with van der Waals surface area (Å²) in [6, 6.07) is 13.4. The average molecular weight is 315 g/mol. The number of hydrogen-bond donors (Lipinski definition) is 1. The lowest BCUT2D eigenvalue weighted by molar-refractivity contribution is 0.749. The Morgan fingerprint density at radius 2 is 1.58 bits per heavy atom. The third kappa shape index (κ3) is 3.79. The molecule has 1 N–H and O–H groups in total. The number of halogens is 3. The van der Waals surface area contributed by atoms with Gasteiger partial charge in [0.05, 0.1) is 16.8 Å². The van der Waals surface area contributed by atoms with Crippen LogP contribution in [-0.4, -0.2) is 0 Å². The number of rotatable bonds is 4. The number of benzene rings is 2. The predicted molar refractivity (Wildman–Crippen MR) is 84.6 cm³/mol. The molecule has 2 aromatic rings. The molecule has 0 radical (unpaired) electrons. The van der Waals surface area contributed by atoms with Gasteiger partial charge in [-0.1, -0.05) is 53.9 Å². The van der Waals surface area contributed by atoms with Crippen molar-refractivity contribution in [3.05, 3.63) is 63.1 Å². The van der Waals surface area contributed by atoms with Crippen LogP contribution in [0.1, 0.15) is 24.9 Å². The van der Waals surface area contributed by atoms with Crippen molar-refractivity contribution in [1.29, 1.82) is 0 Å². The molecule has 19 heavy (non-hydrogen) atoms. The average Bonchev–Trinajstić information content (AvgIpc) is 2.41. The smallest absolute Gasteiger partial charge is 0.0638 e. The van der Waals surface area contributed by atoms with Crippen LogP contribution in [0.2, 0.25) is 15.1 Å². The maximum Gasteiger partial charge on any atom is 0.0638 e. The Kier molecular flexibility index (Phi) is 4.98. The van der Waals surface area contributed by atoms with E-state index >= 15 is 0 Å². The molecule has 0 bridgehead atoms. The van der Waals surface area contributed by atoms with E-state index in [1.807, 2.05) is 30.3 Å². The monoisotopic (exact) mass is 313 g/mol. The van der Waals surface area contributed by atoms with Gasteiger partial charge in [-0.05, 0) is 42.3 Å². The summed E-state index contributed by atoms with van der Waals surface area (Å²) in [4.78, 5) is 0. The Morgan fingerprint density at radius 1 is 0.947 bits per heavy atom. The van der Waals surface area contributed by atoms with Crippen LogP contribution in [0.15, 0.2) is 42.5 Å². The highest BCUT2D eigenvalue weighted by Crippen LogP contribution is 2.30. The van der Waals surface area contributed by atoms with Crippen molar-refractivity contribution in [3.63, 3.8) is 0 Å². The van der Waals surface area contributed by atoms with Crippen molar-refractivity contribution < 1.29 is 0 Å². The Balaban J connectivity index is 2.23. The topological polar surface area (TPSA) is 12.0 Å². The molecule has 0 fully saturated rings. The quantitative estimate of drug-likeness (QED) is 0.707. The van der Waals surface area contributed by atoms with Crippen LogP contribution >= 0.6 is 34.8 Å². The van der Waals surface area contributed by atoms with Gasteiger partial charge in [0.1, 0.15) is 0 Å². The first-order valence-electron chi connectivity index (χ1n) is 6.07. The molecule has 1 nitrogen and oxygen atoms in total. The molecule has 2 aromatic carbocycles. The van der Waals surface area contributed by atoms with Gasteiger partial charge in [-0.3, -0.25) is 0 Å². The van der Waals surface area contributed by atoms with Gasteiger partial charge in [0.2, 0.25) is 0 Å². The van der Waals surface area contributed by atoms with Crippen LogP contribution < -0.4 is 5.32 Å². The van der Waals surface area contributed by atoms with E-state index < -0.39 is 0 Å². The van der Waals surface area contributed by atoms with Crippen LogP contribution in [0.5, 0.6) is 0 Å². The van der Waals surface area contributed by atoms with E-state index in [9.17, 15) is 0 Å². The Morgan fingerprint density at radius 3 is 2.21 bits per heavy atom. The summed E-state index contributed by atoms with van der Waals surface area (Å²) in [6.45, 7) is 2.12. The second-order valence-corrected chi connectivity index (χ2v) is 5.56. The van der Waals surface area contributed by atoms with E-state index in [0.717, 1.165) is 17.1 Å². The summed E-state index contributed by atoms with van der Waals surface area (Å²) in [5.41, 5.74) is 2.01. The van der Waals surface area contributed by atoms with E-state index in [-0.39, 0.29) is 6.04 Å². The fraction of sp³-hybridized carbons (Fsp3) is 0.200. The van der Waals surface area contributed by atoms with Gasteiger partial charge in [-0.15, -0.1) is 0 Å². The second kappa shape index (κ2) is 6.51. The van der Waals surface area contributed by atoms with Gasteiger partial charge in [0.25, 0.3) is 0 Å². The predicted octanol–water partition coefficient (Wildman–Crippen LogP) is 6.21. The number of anilines is 1. The molecule has 0 heterocycles. The summed E-state index contributed by atoms with van der Waals surface area (Å²) in [5, 5.41) is 5.48.